The smallest absolute Gasteiger partial charge is 0.326 e. The Bertz CT molecular complexity index is 2020. The molecule has 5 rings (SSSR count). The molecular formula is C24H11F3N2O6S. The Morgan fingerprint density at radius 1 is 0.694 bits per heavy atom. The van der Waals surface area contributed by atoms with Crippen molar-refractivity contribution < 1.29 is 22.8 Å². The molecule has 0 saturated carbocycles. The van der Waals surface area contributed by atoms with Gasteiger partial charge in [0.25, 0.3) is 0 Å². The number of fused-ring (bicyclic) bond motifs is 5. The molecule has 0 atom stereocenters. The Labute approximate surface area is 200 Å². The number of carbonyl (C=O) groups is 2. The highest BCUT2D eigenvalue weighted by molar-refractivity contribution is 7.25. The van der Waals surface area contributed by atoms with E-state index < -0.39 is 39.7 Å². The Morgan fingerprint density at radius 2 is 1.14 bits per heavy atom. The summed E-state index contributed by atoms with van der Waals surface area (Å²) in [7, 11) is 0. The van der Waals surface area contributed by atoms with Crippen LogP contribution in [-0.2, 0) is 9.59 Å². The van der Waals surface area contributed by atoms with E-state index in [4.69, 9.17) is 0 Å². The van der Waals surface area contributed by atoms with Crippen LogP contribution in [0.4, 0.5) is 24.5 Å². The van der Waals surface area contributed by atoms with Crippen LogP contribution in [0.2, 0.25) is 0 Å². The van der Waals surface area contributed by atoms with Crippen LogP contribution >= 0.6 is 11.3 Å². The van der Waals surface area contributed by atoms with Crippen LogP contribution in [0.25, 0.3) is 41.7 Å². The van der Waals surface area contributed by atoms with Gasteiger partial charge in [0, 0.05) is 39.8 Å². The highest BCUT2D eigenvalue weighted by atomic mass is 32.1. The van der Waals surface area contributed by atoms with E-state index >= 15 is 0 Å². The standard InChI is InChI=1S/C24H11F3N2O6S/c1-8(30)28-9-2-4-11-13(6-9)19(33)21-15(17(11)31)16-18(32)12-5-3-10(29-23(35)24(25,26)27)7-14(12)20(34)22(16)36-21/h2-7H,1H3,(H,28,30)(H,29,35). The monoisotopic (exact) mass is 512 g/mol. The van der Waals surface area contributed by atoms with Gasteiger partial charge in [-0.3, -0.25) is 28.8 Å². The van der Waals surface area contributed by atoms with Crippen molar-refractivity contribution in [1.29, 1.82) is 0 Å². The fraction of sp³-hybridized carbons (Fsp3) is 0.0833. The van der Waals surface area contributed by atoms with Crippen LogP contribution in [-0.4, -0.2) is 18.0 Å². The van der Waals surface area contributed by atoms with Crippen LogP contribution in [0, 0.1) is 0 Å². The third-order valence-electron chi connectivity index (χ3n) is 5.63. The zero-order valence-electron chi connectivity index (χ0n) is 18.0. The van der Waals surface area contributed by atoms with Crippen molar-refractivity contribution in [2.24, 2.45) is 0 Å². The van der Waals surface area contributed by atoms with E-state index in [9.17, 15) is 41.9 Å². The maximum absolute atomic E-state index is 13.3. The highest BCUT2D eigenvalue weighted by Gasteiger charge is 2.38. The van der Waals surface area contributed by atoms with Crippen molar-refractivity contribution in [1.82, 2.24) is 0 Å². The van der Waals surface area contributed by atoms with Gasteiger partial charge in [-0.1, -0.05) is 0 Å². The fourth-order valence-corrected chi connectivity index (χ4v) is 5.32. The summed E-state index contributed by atoms with van der Waals surface area (Å²) in [6.07, 6.45) is -5.16. The average molecular weight is 512 g/mol. The summed E-state index contributed by atoms with van der Waals surface area (Å²) in [6.45, 7) is 1.27. The first kappa shape index (κ1) is 23.3. The Morgan fingerprint density at radius 3 is 1.56 bits per heavy atom. The van der Waals surface area contributed by atoms with Gasteiger partial charge in [-0.2, -0.15) is 13.2 Å². The Balaban J connectivity index is 1.84. The quantitative estimate of drug-likeness (QED) is 0.374. The molecule has 0 aliphatic heterocycles. The molecule has 1 aromatic heterocycles. The SMILES string of the molecule is CC(=O)Nc1ccc2c(=O)c3c(sc4c(=O)c5cc(NC(=O)C(F)(F)F)ccc5c(=O)c43)c(=O)c2c1. The van der Waals surface area contributed by atoms with Gasteiger partial charge >= 0.3 is 12.1 Å². The van der Waals surface area contributed by atoms with Gasteiger partial charge in [0.1, 0.15) is 0 Å². The predicted octanol–water partition coefficient (Wildman–Crippen LogP) is 3.14. The number of benzene rings is 4. The van der Waals surface area contributed by atoms with E-state index in [-0.39, 0.29) is 53.1 Å². The van der Waals surface area contributed by atoms with Gasteiger partial charge in [0.15, 0.2) is 10.9 Å². The Kier molecular flexibility index (Phi) is 5.04. The van der Waals surface area contributed by atoms with Crippen molar-refractivity contribution in [2.45, 2.75) is 13.1 Å². The molecule has 0 radical (unpaired) electrons. The first-order valence-electron chi connectivity index (χ1n) is 10.2. The third kappa shape index (κ3) is 3.45. The summed E-state index contributed by atoms with van der Waals surface area (Å²) in [4.78, 5) is 75.7. The molecule has 12 heteroatoms. The van der Waals surface area contributed by atoms with Gasteiger partial charge in [0.2, 0.25) is 16.8 Å². The van der Waals surface area contributed by atoms with Crippen molar-refractivity contribution in [3.63, 3.8) is 0 Å². The molecule has 0 bridgehead atoms. The van der Waals surface area contributed by atoms with E-state index in [1.54, 1.807) is 5.32 Å². The summed E-state index contributed by atoms with van der Waals surface area (Å²) < 4.78 is 37.5. The molecule has 0 aliphatic carbocycles. The lowest BCUT2D eigenvalue weighted by Gasteiger charge is -2.08. The summed E-state index contributed by atoms with van der Waals surface area (Å²) in [5.74, 6) is -2.64. The summed E-state index contributed by atoms with van der Waals surface area (Å²) in [5.41, 5.74) is -2.86. The van der Waals surface area contributed by atoms with E-state index in [1.807, 2.05) is 0 Å². The summed E-state index contributed by atoms with van der Waals surface area (Å²) >= 11 is 0.637. The van der Waals surface area contributed by atoms with Crippen molar-refractivity contribution in [3.8, 4) is 0 Å². The number of amides is 2. The molecule has 1 heterocycles. The lowest BCUT2D eigenvalue weighted by atomic mass is 10.0. The zero-order chi connectivity index (χ0) is 26.1. The second-order valence-electron chi connectivity index (χ2n) is 7.98. The van der Waals surface area contributed by atoms with Gasteiger partial charge in [-0.25, -0.2) is 0 Å². The maximum atomic E-state index is 13.3. The fourth-order valence-electron chi connectivity index (χ4n) is 4.12. The van der Waals surface area contributed by atoms with Crippen molar-refractivity contribution in [2.75, 3.05) is 10.6 Å². The molecular weight excluding hydrogens is 501 g/mol. The number of rotatable bonds is 2. The molecule has 0 spiro atoms. The number of nitrogens with one attached hydrogen (secondary N) is 2. The molecule has 0 fully saturated rings. The molecule has 0 unspecified atom stereocenters. The van der Waals surface area contributed by atoms with E-state index in [0.717, 1.165) is 18.2 Å². The number of carbonyl (C=O) groups excluding carboxylic acids is 2. The molecule has 0 aliphatic rings. The molecule has 2 N–H and O–H groups in total. The normalized spacial score (nSPS) is 12.0. The minimum Gasteiger partial charge on any atom is -0.326 e. The molecule has 180 valence electrons. The van der Waals surface area contributed by atoms with Crippen LogP contribution in [0.15, 0.2) is 55.6 Å². The number of halogens is 3. The molecule has 8 nitrogen and oxygen atoms in total. The average Bonchev–Trinajstić information content (AvgIpc) is 3.21. The van der Waals surface area contributed by atoms with E-state index in [1.165, 1.54) is 25.1 Å². The molecule has 0 saturated heterocycles. The molecule has 4 aromatic carbocycles. The van der Waals surface area contributed by atoms with Gasteiger partial charge < -0.3 is 10.6 Å². The maximum Gasteiger partial charge on any atom is 0.471 e. The number of anilines is 2. The number of hydrogen-bond acceptors (Lipinski definition) is 7. The van der Waals surface area contributed by atoms with Gasteiger partial charge in [0.05, 0.1) is 20.2 Å². The lowest BCUT2D eigenvalue weighted by molar-refractivity contribution is -0.167. The van der Waals surface area contributed by atoms with Gasteiger partial charge in [-0.05, 0) is 36.4 Å². The van der Waals surface area contributed by atoms with Crippen molar-refractivity contribution in [3.05, 3.63) is 77.3 Å². The largest absolute Gasteiger partial charge is 0.471 e. The summed E-state index contributed by atoms with van der Waals surface area (Å²) in [5, 5.41) is 3.23. The third-order valence-corrected chi connectivity index (χ3v) is 6.82. The Hall–Kier alpha value is -4.45. The van der Waals surface area contributed by atoms with E-state index in [2.05, 4.69) is 5.32 Å². The number of hydrogen-bond donors (Lipinski definition) is 2. The van der Waals surface area contributed by atoms with Crippen LogP contribution in [0.1, 0.15) is 6.92 Å². The number of alkyl halides is 3. The number of thiophene rings is 1. The zero-order valence-corrected chi connectivity index (χ0v) is 18.8. The molecule has 2 amide bonds. The van der Waals surface area contributed by atoms with Crippen molar-refractivity contribution >= 4 is 76.2 Å². The topological polar surface area (TPSA) is 126 Å². The first-order chi connectivity index (χ1) is 16.9. The van der Waals surface area contributed by atoms with E-state index in [0.29, 0.717) is 11.3 Å². The highest BCUT2D eigenvalue weighted by Crippen LogP contribution is 2.30. The second-order valence-corrected chi connectivity index (χ2v) is 9.00. The van der Waals surface area contributed by atoms with Gasteiger partial charge in [-0.15, -0.1) is 11.3 Å². The van der Waals surface area contributed by atoms with Crippen LogP contribution in [0.3, 0.4) is 0 Å². The minimum absolute atomic E-state index is 0.00143. The predicted molar refractivity (Wildman–Crippen MR) is 131 cm³/mol. The minimum atomic E-state index is -5.16. The second kappa shape index (κ2) is 7.78. The van der Waals surface area contributed by atoms with Crippen LogP contribution in [0.5, 0.6) is 0 Å². The molecule has 36 heavy (non-hydrogen) atoms. The summed E-state index contributed by atoms with van der Waals surface area (Å²) in [6, 6.07) is 7.15. The lowest BCUT2D eigenvalue weighted by Crippen LogP contribution is -2.30. The molecule has 5 aromatic rings. The first-order valence-corrected chi connectivity index (χ1v) is 11.0. The van der Waals surface area contributed by atoms with Crippen LogP contribution < -0.4 is 32.3 Å².